The summed E-state index contributed by atoms with van der Waals surface area (Å²) in [5.41, 5.74) is 13.8. The van der Waals surface area contributed by atoms with Gasteiger partial charge in [0.05, 0.1) is 43.1 Å². The van der Waals surface area contributed by atoms with Crippen molar-refractivity contribution in [2.75, 3.05) is 54.0 Å². The molecule has 3 atom stereocenters. The zero-order valence-electron chi connectivity index (χ0n) is 58.7. The first-order valence-electron chi connectivity index (χ1n) is 35.5. The second kappa shape index (κ2) is 33.7. The maximum atomic E-state index is 12.7. The zero-order valence-corrected chi connectivity index (χ0v) is 65.5. The number of thioether (sulfide) groups is 2. The average Bonchev–Trinajstić information content (AvgIpc) is 1.62. The molecule has 3 aromatic heterocycles. The summed E-state index contributed by atoms with van der Waals surface area (Å²) >= 11 is 12.4. The third-order valence-electron chi connectivity index (χ3n) is 21.5. The molecule has 3 saturated carbocycles. The minimum atomic E-state index is -0.520. The molecule has 3 saturated heterocycles. The second-order valence-electron chi connectivity index (χ2n) is 30.4. The van der Waals surface area contributed by atoms with Crippen molar-refractivity contribution in [1.82, 2.24) is 40.5 Å². The minimum Gasteiger partial charge on any atom is -0.759 e. The van der Waals surface area contributed by atoms with Gasteiger partial charge in [0.1, 0.15) is 38.7 Å². The molecule has 9 aliphatic rings. The van der Waals surface area contributed by atoms with Gasteiger partial charge in [0, 0.05) is 77.7 Å². The van der Waals surface area contributed by atoms with Gasteiger partial charge in [0.15, 0.2) is 0 Å². The molecule has 98 heavy (non-hydrogen) atoms. The van der Waals surface area contributed by atoms with Crippen LogP contribution in [-0.4, -0.2) is 108 Å². The molecule has 15 rings (SSSR count). The Morgan fingerprint density at radius 1 is 0.500 bits per heavy atom. The summed E-state index contributed by atoms with van der Waals surface area (Å²) in [6.45, 7) is 17.0. The number of alkyl halides is 1. The molecule has 3 aromatic carbocycles. The van der Waals surface area contributed by atoms with Crippen LogP contribution in [-0.2, 0) is 41.4 Å². The number of carbonyl (C=O) groups is 2. The van der Waals surface area contributed by atoms with Crippen LogP contribution in [0.5, 0.6) is 0 Å². The minimum absolute atomic E-state index is 0. The number of anilines is 3. The van der Waals surface area contributed by atoms with Crippen LogP contribution >= 0.6 is 51.9 Å². The van der Waals surface area contributed by atoms with Gasteiger partial charge < -0.3 is 53.2 Å². The summed E-state index contributed by atoms with van der Waals surface area (Å²) in [6, 6.07) is 25.8. The molecule has 0 radical (unpaired) electrons. The normalized spacial score (nSPS) is 22.0. The maximum Gasteiger partial charge on any atom is 1.00 e. The third kappa shape index (κ3) is 19.0. The number of nitrogens with one attached hydrogen (secondary N) is 2. The van der Waals surface area contributed by atoms with Gasteiger partial charge in [-0.2, -0.15) is 0 Å². The molecule has 6 fully saturated rings. The molecule has 22 heteroatoms. The Bertz CT molecular complexity index is 3550. The van der Waals surface area contributed by atoms with E-state index in [2.05, 4.69) is 123 Å². The van der Waals surface area contributed by atoms with Crippen molar-refractivity contribution >= 4 is 94.1 Å². The number of rotatable bonds is 9. The van der Waals surface area contributed by atoms with Crippen molar-refractivity contribution in [3.05, 3.63) is 143 Å². The van der Waals surface area contributed by atoms with Crippen LogP contribution in [0.2, 0.25) is 0 Å². The Morgan fingerprint density at radius 3 is 1.17 bits per heavy atom. The van der Waals surface area contributed by atoms with E-state index < -0.39 is 11.2 Å². The van der Waals surface area contributed by atoms with E-state index in [1.807, 2.05) is 95.9 Å². The summed E-state index contributed by atoms with van der Waals surface area (Å²) in [5, 5.41) is 10.5. The molecular formula is C76H101BrClN12NaO4S3. The van der Waals surface area contributed by atoms with Crippen molar-refractivity contribution in [3.8, 4) is 0 Å². The van der Waals surface area contributed by atoms with Gasteiger partial charge in [-0.25, -0.2) is 34.5 Å². The first kappa shape index (κ1) is 76.1. The molecule has 0 bridgehead atoms. The number of carbonyl (C=O) groups excluding carboxylic acids is 2. The largest absolute Gasteiger partial charge is 1.00 e. The van der Waals surface area contributed by atoms with Crippen molar-refractivity contribution in [2.24, 2.45) is 22.0 Å². The van der Waals surface area contributed by atoms with Crippen LogP contribution in [0, 0.1) is 16.2 Å². The topological polar surface area (TPSA) is 190 Å². The maximum absolute atomic E-state index is 12.7. The van der Waals surface area contributed by atoms with Crippen molar-refractivity contribution in [3.63, 3.8) is 0 Å². The third-order valence-corrected chi connectivity index (χ3v) is 25.2. The van der Waals surface area contributed by atoms with Gasteiger partial charge >= 0.3 is 41.7 Å². The molecule has 6 heterocycles. The standard InChI is InChI=1S/C27H36N4O2S.C22H28N4O2S.C22H28N4S.C5H9Br.ClH.Na/c1-26(2,3)33-25(32)30-24-21-11-7-4-8-19(21)16-27(24)12-14-31(15-13-27)22-17-29-23(18-28-22)34-20-9-5-6-10-20;1-21(2,3)28-20(27)25-19-16-7-5-4-6-15(16)12-22(19)8-10-26(11-9-22)17-13-24-18(29)14-23-17;23-21-18-8-4-1-5-16(18)13-22(21)9-11-26(12-10-22)19-14-25-20(15-24-19)27-17-6-2-3-7-17;6-5-3-1-2-4-5;;/h4,7-8,11,17-18,20,24H,5-6,9-10,12-16H2,1-3H3,(H,30,32);4-7,13-14,19H,8-12H2,1-3H3,(H,24,29)(H,25,27);1,4-5,8,14-15,17,21H,2-3,6-7,9-13,23H2;5H,1-4H2;1H;/q;;;;;+1/p-1/t24-;19-;21-;;;/m111.../s1. The SMILES string of the molecule is BrC1CCCC1.CC(C)(C)OC(=O)N[C@@H]1c2ccccc2CC12CCN(c1cnc(SC3CCCC3)cn1)CC2.CC(C)(C)OC(=O)N[C@@H]1c2ccccc2CC12CCN(c1cnc([S-])cn1)CC2.Cl.N[C@@H]1c2ccccc2CC12CCN(c1cnc(SC3CCCC3)cn1)CC2.[Na+]. The summed E-state index contributed by atoms with van der Waals surface area (Å²) in [6.07, 6.45) is 36.1. The molecule has 16 nitrogen and oxygen atoms in total. The summed E-state index contributed by atoms with van der Waals surface area (Å²) in [5.74, 6) is 2.84. The van der Waals surface area contributed by atoms with Gasteiger partial charge in [-0.05, 0) is 177 Å². The van der Waals surface area contributed by atoms with Crippen LogP contribution in [0.4, 0.5) is 27.0 Å². The van der Waals surface area contributed by atoms with E-state index in [4.69, 9.17) is 42.8 Å². The van der Waals surface area contributed by atoms with Gasteiger partial charge in [-0.15, -0.1) is 35.9 Å². The zero-order chi connectivity index (χ0) is 67.1. The van der Waals surface area contributed by atoms with Crippen molar-refractivity contribution in [1.29, 1.82) is 0 Å². The number of piperidine rings is 3. The Kier molecular flexibility index (Phi) is 26.2. The Balaban J connectivity index is 0.000000152. The molecule has 0 unspecified atom stereocenters. The van der Waals surface area contributed by atoms with Crippen LogP contribution in [0.1, 0.15) is 209 Å². The Labute approximate surface area is 633 Å². The fourth-order valence-electron chi connectivity index (χ4n) is 16.4. The Hall–Kier alpha value is -4.51. The molecule has 6 aliphatic carbocycles. The van der Waals surface area contributed by atoms with E-state index in [-0.39, 0.29) is 88.5 Å². The fraction of sp³-hybridized carbons (Fsp3) is 0.579. The fourth-order valence-corrected chi connectivity index (χ4v) is 19.5. The molecule has 3 spiro atoms. The number of hydrogen-bond acceptors (Lipinski definition) is 17. The number of halogens is 2. The molecule has 6 aromatic rings. The number of fused-ring (bicyclic) bond motifs is 3. The van der Waals surface area contributed by atoms with Crippen LogP contribution in [0.15, 0.2) is 125 Å². The van der Waals surface area contributed by atoms with Gasteiger partial charge in [-0.1, -0.05) is 132 Å². The van der Waals surface area contributed by atoms with E-state index in [0.717, 1.165) is 135 Å². The van der Waals surface area contributed by atoms with Gasteiger partial charge in [0.2, 0.25) is 0 Å². The number of aromatic nitrogens is 6. The van der Waals surface area contributed by atoms with Crippen LogP contribution in [0.3, 0.4) is 0 Å². The molecule has 4 N–H and O–H groups in total. The second-order valence-corrected chi connectivity index (χ2v) is 34.7. The van der Waals surface area contributed by atoms with Gasteiger partial charge in [0.25, 0.3) is 0 Å². The van der Waals surface area contributed by atoms with Crippen molar-refractivity contribution < 1.29 is 48.6 Å². The number of alkyl carbamates (subject to hydrolysis) is 2. The number of hydrogen-bond donors (Lipinski definition) is 3. The molecule has 2 amide bonds. The number of amides is 2. The first-order valence-corrected chi connectivity index (χ1v) is 38.6. The van der Waals surface area contributed by atoms with E-state index >= 15 is 0 Å². The molecular weight excluding hydrogens is 1380 g/mol. The number of nitrogens with two attached hydrogens (primary N) is 1. The predicted molar refractivity (Wildman–Crippen MR) is 400 cm³/mol. The number of benzene rings is 3. The quantitative estimate of drug-likeness (QED) is 0.0703. The first-order chi connectivity index (χ1) is 46.2. The van der Waals surface area contributed by atoms with Crippen LogP contribution in [0.25, 0.3) is 0 Å². The summed E-state index contributed by atoms with van der Waals surface area (Å²) in [7, 11) is 0. The predicted octanol–water partition coefficient (Wildman–Crippen LogP) is 13.8. The Morgan fingerprint density at radius 2 is 0.837 bits per heavy atom. The van der Waals surface area contributed by atoms with Crippen molar-refractivity contribution in [2.45, 2.75) is 236 Å². The van der Waals surface area contributed by atoms with Crippen LogP contribution < -0.4 is 60.6 Å². The molecule has 3 aliphatic heterocycles. The average molecular weight is 1480 g/mol. The molecule has 522 valence electrons. The smallest absolute Gasteiger partial charge is 0.759 e. The van der Waals surface area contributed by atoms with E-state index in [1.54, 1.807) is 12.4 Å². The van der Waals surface area contributed by atoms with Gasteiger partial charge in [-0.3, -0.25) is 4.98 Å². The summed E-state index contributed by atoms with van der Waals surface area (Å²) in [4.78, 5) is 60.7. The number of ether oxygens (including phenoxy) is 2. The monoisotopic (exact) mass is 1480 g/mol. The van der Waals surface area contributed by atoms with E-state index in [1.165, 1.54) is 110 Å². The van der Waals surface area contributed by atoms with E-state index in [0.29, 0.717) is 10.3 Å². The summed E-state index contributed by atoms with van der Waals surface area (Å²) < 4.78 is 11.2. The number of nitrogens with zero attached hydrogens (tertiary/aromatic N) is 9. The van der Waals surface area contributed by atoms with E-state index in [9.17, 15) is 9.59 Å².